The maximum Gasteiger partial charge on any atom is 0.253 e. The number of carbonyl (C=O) groups is 3. The van der Waals surface area contributed by atoms with E-state index >= 15 is 0 Å². The minimum atomic E-state index is -0.539. The molecule has 1 atom stereocenters. The lowest BCUT2D eigenvalue weighted by molar-refractivity contribution is -0.122. The zero-order chi connectivity index (χ0) is 24.4. The van der Waals surface area contributed by atoms with Crippen LogP contribution in [0.5, 0.6) is 11.5 Å². The maximum atomic E-state index is 13.0. The highest BCUT2D eigenvalue weighted by Crippen LogP contribution is 2.32. The molecule has 1 fully saturated rings. The van der Waals surface area contributed by atoms with Gasteiger partial charge in [0.15, 0.2) is 11.5 Å². The molecule has 0 radical (unpaired) electrons. The van der Waals surface area contributed by atoms with Gasteiger partial charge in [0.1, 0.15) is 0 Å². The SMILES string of the molecule is O=C(NCc1ccc2c(c1)OCO2)c1ccccc1NC(=O)[C@H]1CC(=O)N(c2ccc(Cl)cc2)C1. The standard InChI is InChI=1S/C26H22ClN3O5/c27-18-6-8-19(9-7-18)30-14-17(12-24(30)31)25(32)29-21-4-2-1-3-20(21)26(33)28-13-16-5-10-22-23(11-16)35-15-34-22/h1-11,17H,12-15H2,(H,28,33)(H,29,32)/t17-/m0/s1. The molecule has 3 amide bonds. The zero-order valence-corrected chi connectivity index (χ0v) is 19.4. The summed E-state index contributed by atoms with van der Waals surface area (Å²) in [5.41, 5.74) is 2.27. The van der Waals surface area contributed by atoms with Crippen molar-refractivity contribution in [1.29, 1.82) is 0 Å². The molecule has 0 unspecified atom stereocenters. The molecule has 9 heteroatoms. The molecule has 5 rings (SSSR count). The van der Waals surface area contributed by atoms with Crippen molar-refractivity contribution in [3.8, 4) is 11.5 Å². The number of anilines is 2. The van der Waals surface area contributed by atoms with Crippen LogP contribution in [0.3, 0.4) is 0 Å². The number of carbonyl (C=O) groups excluding carboxylic acids is 3. The summed E-state index contributed by atoms with van der Waals surface area (Å²) in [6.07, 6.45) is 0.0902. The normalized spacial score (nSPS) is 16.3. The Balaban J connectivity index is 1.23. The van der Waals surface area contributed by atoms with Crippen LogP contribution >= 0.6 is 11.6 Å². The Labute approximate surface area is 206 Å². The van der Waals surface area contributed by atoms with Gasteiger partial charge in [0.25, 0.3) is 5.91 Å². The predicted molar refractivity (Wildman–Crippen MR) is 131 cm³/mol. The van der Waals surface area contributed by atoms with Gasteiger partial charge in [0, 0.05) is 30.2 Å². The second kappa shape index (κ2) is 9.68. The summed E-state index contributed by atoms with van der Waals surface area (Å²) in [5, 5.41) is 6.27. The van der Waals surface area contributed by atoms with Gasteiger partial charge in [-0.25, -0.2) is 0 Å². The van der Waals surface area contributed by atoms with Crippen molar-refractivity contribution in [3.05, 3.63) is 82.9 Å². The molecule has 2 heterocycles. The molecule has 1 saturated heterocycles. The lowest BCUT2D eigenvalue weighted by atomic mass is 10.1. The van der Waals surface area contributed by atoms with Crippen molar-refractivity contribution in [2.24, 2.45) is 5.92 Å². The Morgan fingerprint density at radius 3 is 2.60 bits per heavy atom. The van der Waals surface area contributed by atoms with Crippen LogP contribution in [0.25, 0.3) is 0 Å². The van der Waals surface area contributed by atoms with Gasteiger partial charge in [-0.15, -0.1) is 0 Å². The van der Waals surface area contributed by atoms with E-state index in [1.807, 2.05) is 12.1 Å². The van der Waals surface area contributed by atoms with Crippen LogP contribution in [-0.2, 0) is 16.1 Å². The van der Waals surface area contributed by atoms with Crippen LogP contribution in [-0.4, -0.2) is 31.1 Å². The molecule has 2 N–H and O–H groups in total. The van der Waals surface area contributed by atoms with E-state index in [4.69, 9.17) is 21.1 Å². The van der Waals surface area contributed by atoms with E-state index in [1.54, 1.807) is 59.5 Å². The maximum absolute atomic E-state index is 13.0. The van der Waals surface area contributed by atoms with Crippen molar-refractivity contribution >= 4 is 40.7 Å². The van der Waals surface area contributed by atoms with Crippen LogP contribution in [0.1, 0.15) is 22.3 Å². The van der Waals surface area contributed by atoms with E-state index in [9.17, 15) is 14.4 Å². The number of ether oxygens (including phenoxy) is 2. The Morgan fingerprint density at radius 1 is 1.00 bits per heavy atom. The summed E-state index contributed by atoms with van der Waals surface area (Å²) < 4.78 is 10.7. The van der Waals surface area contributed by atoms with Crippen molar-refractivity contribution in [2.75, 3.05) is 23.6 Å². The van der Waals surface area contributed by atoms with Gasteiger partial charge >= 0.3 is 0 Å². The number of nitrogens with one attached hydrogen (secondary N) is 2. The van der Waals surface area contributed by atoms with Crippen molar-refractivity contribution in [2.45, 2.75) is 13.0 Å². The highest BCUT2D eigenvalue weighted by molar-refractivity contribution is 6.30. The first-order valence-corrected chi connectivity index (χ1v) is 11.5. The topological polar surface area (TPSA) is 97.0 Å². The van der Waals surface area contributed by atoms with E-state index in [0.717, 1.165) is 5.56 Å². The molecule has 2 aliphatic heterocycles. The van der Waals surface area contributed by atoms with Gasteiger partial charge in [0.05, 0.1) is 17.2 Å². The summed E-state index contributed by atoms with van der Waals surface area (Å²) in [6.45, 7) is 0.720. The van der Waals surface area contributed by atoms with Crippen LogP contribution in [0, 0.1) is 5.92 Å². The largest absolute Gasteiger partial charge is 0.454 e. The quantitative estimate of drug-likeness (QED) is 0.543. The lowest BCUT2D eigenvalue weighted by Crippen LogP contribution is -2.29. The van der Waals surface area contributed by atoms with Crippen molar-refractivity contribution < 1.29 is 23.9 Å². The Morgan fingerprint density at radius 2 is 1.77 bits per heavy atom. The number of benzene rings is 3. The fourth-order valence-electron chi connectivity index (χ4n) is 4.11. The summed E-state index contributed by atoms with van der Waals surface area (Å²) in [7, 11) is 0. The number of fused-ring (bicyclic) bond motifs is 1. The first kappa shape index (κ1) is 22.7. The average Bonchev–Trinajstić information content (AvgIpc) is 3.49. The molecule has 0 aliphatic carbocycles. The molecule has 0 aromatic heterocycles. The monoisotopic (exact) mass is 491 g/mol. The molecule has 35 heavy (non-hydrogen) atoms. The van der Waals surface area contributed by atoms with Gasteiger partial charge in [-0.1, -0.05) is 29.8 Å². The smallest absolute Gasteiger partial charge is 0.253 e. The summed E-state index contributed by atoms with van der Waals surface area (Å²) in [6, 6.07) is 19.2. The van der Waals surface area contributed by atoms with E-state index in [-0.39, 0.29) is 44.0 Å². The second-order valence-corrected chi connectivity index (χ2v) is 8.72. The molecule has 8 nitrogen and oxygen atoms in total. The van der Waals surface area contributed by atoms with E-state index in [1.165, 1.54) is 0 Å². The predicted octanol–water partition coefficient (Wildman–Crippen LogP) is 3.99. The second-order valence-electron chi connectivity index (χ2n) is 8.29. The van der Waals surface area contributed by atoms with E-state index in [2.05, 4.69) is 10.6 Å². The van der Waals surface area contributed by atoms with Gasteiger partial charge in [-0.05, 0) is 54.1 Å². The average molecular weight is 492 g/mol. The van der Waals surface area contributed by atoms with Crippen LogP contribution in [0.15, 0.2) is 66.7 Å². The third-order valence-corrected chi connectivity index (χ3v) is 6.21. The zero-order valence-electron chi connectivity index (χ0n) is 18.6. The third kappa shape index (κ3) is 4.93. The minimum Gasteiger partial charge on any atom is -0.454 e. The summed E-state index contributed by atoms with van der Waals surface area (Å²) in [4.78, 5) is 40.0. The fraction of sp³-hybridized carbons (Fsp3) is 0.192. The highest BCUT2D eigenvalue weighted by Gasteiger charge is 2.35. The van der Waals surface area contributed by atoms with Gasteiger partial charge in [0.2, 0.25) is 18.6 Å². The molecule has 0 saturated carbocycles. The fourth-order valence-corrected chi connectivity index (χ4v) is 4.23. The van der Waals surface area contributed by atoms with Crippen LogP contribution in [0.4, 0.5) is 11.4 Å². The third-order valence-electron chi connectivity index (χ3n) is 5.95. The van der Waals surface area contributed by atoms with E-state index in [0.29, 0.717) is 33.5 Å². The molecule has 0 bridgehead atoms. The molecule has 2 aliphatic rings. The van der Waals surface area contributed by atoms with E-state index < -0.39 is 5.92 Å². The number of halogens is 1. The first-order chi connectivity index (χ1) is 17.0. The minimum absolute atomic E-state index is 0.0902. The Hall–Kier alpha value is -4.04. The van der Waals surface area contributed by atoms with Gasteiger partial charge in [-0.2, -0.15) is 0 Å². The molecule has 3 aromatic rings. The first-order valence-electron chi connectivity index (χ1n) is 11.1. The van der Waals surface area contributed by atoms with Gasteiger partial charge < -0.3 is 25.0 Å². The van der Waals surface area contributed by atoms with Crippen LogP contribution < -0.4 is 25.0 Å². The Kier molecular flexibility index (Phi) is 6.29. The number of nitrogens with zero attached hydrogens (tertiary/aromatic N) is 1. The van der Waals surface area contributed by atoms with Gasteiger partial charge in [-0.3, -0.25) is 14.4 Å². The number of hydrogen-bond donors (Lipinski definition) is 2. The number of para-hydroxylation sites is 1. The molecular formula is C26H22ClN3O5. The summed E-state index contributed by atoms with van der Waals surface area (Å²) in [5.74, 6) is -0.00355. The summed E-state index contributed by atoms with van der Waals surface area (Å²) >= 11 is 5.93. The molecule has 0 spiro atoms. The molecular weight excluding hydrogens is 470 g/mol. The highest BCUT2D eigenvalue weighted by atomic mass is 35.5. The number of hydrogen-bond acceptors (Lipinski definition) is 5. The molecule has 178 valence electrons. The Bertz CT molecular complexity index is 1290. The van der Waals surface area contributed by atoms with Crippen molar-refractivity contribution in [1.82, 2.24) is 5.32 Å². The van der Waals surface area contributed by atoms with Crippen LogP contribution in [0.2, 0.25) is 5.02 Å². The number of amides is 3. The number of rotatable bonds is 6. The van der Waals surface area contributed by atoms with Crippen molar-refractivity contribution in [3.63, 3.8) is 0 Å². The molecule has 3 aromatic carbocycles. The lowest BCUT2D eigenvalue weighted by Gasteiger charge is -2.17.